The Hall–Kier alpha value is -14.7. The van der Waals surface area contributed by atoms with Gasteiger partial charge in [0.05, 0.1) is 45.6 Å². The SMILES string of the molecule is Cc1cc(C)c(-c2c3nc(c(-c4c(C)cc(C)cc4C)c4ccc([nH]4)c(-c4c(C)cc(C)cc4C)c4nc(c(-c5ccc(C#Cc6cc(C#Cc7ccc(-c8c9nc(c(-c%10c(C)cc(C)cc%10C)c%10ccc([nH]%10)c(-c%10c(C)cc(C)cc%10C)c%10nc(c(-c%11c(C)cc(C)cc%11C)c%11ccc8[nH]%11)C=C%10)C=C9)cc7)cc(C(C)(C)C)c6)cc5)c5ccc2[nH]5)C=C4)C=C3)c(C)c1. The fraction of sp³-hybridized carbons (Fsp3) is 0.183. The Morgan fingerprint density at radius 3 is 0.547 bits per heavy atom. The molecule has 0 aliphatic carbocycles. The summed E-state index contributed by atoms with van der Waals surface area (Å²) in [7, 11) is 0. The van der Waals surface area contributed by atoms with E-state index >= 15 is 0 Å². The normalized spacial score (nSPS) is 12.2. The third-order valence-corrected chi connectivity index (χ3v) is 25.9. The molecule has 0 unspecified atom stereocenters. The molecule has 4 aliphatic rings. The van der Waals surface area contributed by atoms with Gasteiger partial charge in [0, 0.05) is 111 Å². The second-order valence-electron chi connectivity index (χ2n) is 37.4. The van der Waals surface area contributed by atoms with Crippen molar-refractivity contribution in [3.05, 3.63) is 362 Å². The summed E-state index contributed by atoms with van der Waals surface area (Å²) in [5.41, 5.74) is 58.0. The molecule has 0 saturated carbocycles. The molecule has 4 aliphatic heterocycles. The van der Waals surface area contributed by atoms with Gasteiger partial charge in [0.1, 0.15) is 0 Å². The molecule has 19 rings (SSSR count). The van der Waals surface area contributed by atoms with Gasteiger partial charge in [0.25, 0.3) is 0 Å². The predicted molar refractivity (Wildman–Crippen MR) is 544 cm³/mol. The molecular weight excluding hydrogens is 1550 g/mol. The molecule has 4 N–H and O–H groups in total. The maximum Gasteiger partial charge on any atom is 0.0737 e. The summed E-state index contributed by atoms with van der Waals surface area (Å²) in [4.78, 5) is 39.1. The van der Waals surface area contributed by atoms with Crippen LogP contribution in [0.15, 0.2) is 188 Å². The van der Waals surface area contributed by atoms with Crippen LogP contribution in [0.3, 0.4) is 0 Å². The van der Waals surface area contributed by atoms with Crippen LogP contribution in [0.4, 0.5) is 0 Å². The van der Waals surface area contributed by atoms with Crippen molar-refractivity contribution in [2.24, 2.45) is 0 Å². The second kappa shape index (κ2) is 32.4. The summed E-state index contributed by atoms with van der Waals surface area (Å²) in [6.45, 7) is 46.5. The van der Waals surface area contributed by atoms with Crippen LogP contribution < -0.4 is 0 Å². The van der Waals surface area contributed by atoms with Crippen molar-refractivity contribution in [1.82, 2.24) is 39.9 Å². The first-order valence-corrected chi connectivity index (χ1v) is 44.6. The molecule has 0 amide bonds. The Balaban J connectivity index is 0.727. The fourth-order valence-corrected chi connectivity index (χ4v) is 21.0. The van der Waals surface area contributed by atoms with Crippen LogP contribution in [0.1, 0.15) is 194 Å². The molecule has 15 aromatic rings. The summed E-state index contributed by atoms with van der Waals surface area (Å²) in [5, 5.41) is 0. The zero-order valence-electron chi connectivity index (χ0n) is 77.3. The topological polar surface area (TPSA) is 115 Å². The minimum atomic E-state index is -0.191. The van der Waals surface area contributed by atoms with Gasteiger partial charge in [0.2, 0.25) is 0 Å². The zero-order valence-corrected chi connectivity index (χ0v) is 77.3. The third kappa shape index (κ3) is 15.3. The molecule has 10 heterocycles. The Bertz CT molecular complexity index is 7250. The number of hydrogen-bond acceptors (Lipinski definition) is 4. The van der Waals surface area contributed by atoms with Crippen molar-refractivity contribution < 1.29 is 0 Å². The summed E-state index contributed by atoms with van der Waals surface area (Å²) in [5.74, 6) is 14.4. The van der Waals surface area contributed by atoms with E-state index in [1.807, 2.05) is 0 Å². The highest BCUT2D eigenvalue weighted by Crippen LogP contribution is 2.47. The van der Waals surface area contributed by atoms with Gasteiger partial charge in [-0.25, -0.2) is 19.9 Å². The molecule has 16 bridgehead atoms. The molecule has 0 radical (unpaired) electrons. The molecule has 0 saturated heterocycles. The lowest BCUT2D eigenvalue weighted by molar-refractivity contribution is 0.590. The average molecular weight is 1660 g/mol. The van der Waals surface area contributed by atoms with Crippen LogP contribution in [0.2, 0.25) is 0 Å². The van der Waals surface area contributed by atoms with Gasteiger partial charge in [-0.05, 0) is 386 Å². The molecule has 6 aromatic heterocycles. The van der Waals surface area contributed by atoms with Crippen LogP contribution in [0, 0.1) is 148 Å². The summed E-state index contributed by atoms with van der Waals surface area (Å²) in [6, 6.07) is 69.2. The van der Waals surface area contributed by atoms with E-state index in [2.05, 4.69) is 426 Å². The maximum absolute atomic E-state index is 5.75. The Kier molecular flexibility index (Phi) is 21.0. The first-order chi connectivity index (χ1) is 61.4. The molecule has 0 atom stereocenters. The van der Waals surface area contributed by atoms with Crippen molar-refractivity contribution in [2.75, 3.05) is 0 Å². The number of hydrogen-bond donors (Lipinski definition) is 4. The largest absolute Gasteiger partial charge is 0.354 e. The van der Waals surface area contributed by atoms with Crippen LogP contribution in [-0.4, -0.2) is 39.9 Å². The van der Waals surface area contributed by atoms with Gasteiger partial charge in [-0.15, -0.1) is 0 Å². The van der Waals surface area contributed by atoms with Crippen molar-refractivity contribution in [2.45, 2.75) is 151 Å². The number of aryl methyl sites for hydroxylation is 18. The third-order valence-electron chi connectivity index (χ3n) is 25.9. The summed E-state index contributed by atoms with van der Waals surface area (Å²) >= 11 is 0. The fourth-order valence-electron chi connectivity index (χ4n) is 21.0. The lowest BCUT2D eigenvalue weighted by Crippen LogP contribution is -2.11. The van der Waals surface area contributed by atoms with Gasteiger partial charge in [-0.1, -0.05) is 175 Å². The highest BCUT2D eigenvalue weighted by Gasteiger charge is 2.28. The van der Waals surface area contributed by atoms with Crippen molar-refractivity contribution in [3.63, 3.8) is 0 Å². The van der Waals surface area contributed by atoms with E-state index in [0.717, 1.165) is 195 Å². The van der Waals surface area contributed by atoms with Crippen LogP contribution >= 0.6 is 0 Å². The highest BCUT2D eigenvalue weighted by molar-refractivity contribution is 6.05. The van der Waals surface area contributed by atoms with Gasteiger partial charge in [-0.3, -0.25) is 0 Å². The maximum atomic E-state index is 5.75. The van der Waals surface area contributed by atoms with E-state index in [9.17, 15) is 0 Å². The van der Waals surface area contributed by atoms with Gasteiger partial charge < -0.3 is 19.9 Å². The Labute approximate surface area is 752 Å². The molecular formula is C120H106N8. The van der Waals surface area contributed by atoms with E-state index in [0.29, 0.717) is 0 Å². The van der Waals surface area contributed by atoms with Gasteiger partial charge >= 0.3 is 0 Å². The number of benzene rings is 9. The number of aromatic amines is 4. The number of aromatic nitrogens is 8. The molecule has 9 aromatic carbocycles. The number of nitrogens with zero attached hydrogens (tertiary/aromatic N) is 4. The molecule has 8 heteroatoms. The summed E-state index contributed by atoms with van der Waals surface area (Å²) in [6.07, 6.45) is 17.6. The summed E-state index contributed by atoms with van der Waals surface area (Å²) < 4.78 is 0. The van der Waals surface area contributed by atoms with E-state index in [1.54, 1.807) is 0 Å². The van der Waals surface area contributed by atoms with Crippen LogP contribution in [-0.2, 0) is 5.41 Å². The minimum absolute atomic E-state index is 0.191. The number of rotatable bonds is 8. The molecule has 0 fully saturated rings. The number of H-pyrrole nitrogens is 4. The quantitative estimate of drug-likeness (QED) is 0.113. The smallest absolute Gasteiger partial charge is 0.0737 e. The van der Waals surface area contributed by atoms with Gasteiger partial charge in [0.15, 0.2) is 0 Å². The van der Waals surface area contributed by atoms with Crippen molar-refractivity contribution in [1.29, 1.82) is 0 Å². The monoisotopic (exact) mass is 1660 g/mol. The standard InChI is InChI=1S/C120H106N8/c1-65-50-71(7)106(72(8)51-65)114-94-38-34-90(121-94)112(91-35-39-95(122-91)115(107-73(9)52-66(2)53-74(107)10)99-43-47-103(126-99)118(102-46-42-98(114)125-102)110-79(15)58-69(5)59-80(110)16)87-30-26-83(27-31-87)22-24-85-62-86(64-89(63-85)120(19,20)21)25-23-84-28-32-88(33-29-84)113-92-36-40-96(123-92)116(108-75(11)54-67(3)55-76(108)12)100-44-48-104(127-100)119(111-81(17)60-70(6)61-82(111)18)105-49-45-101(128-105)117(97-41-37-93(113)124-97)109-77(13)56-68(4)57-78(109)14/h26-64,121,123,126,128H,1-21H3. The van der Waals surface area contributed by atoms with E-state index < -0.39 is 0 Å². The average Bonchev–Trinajstić information content (AvgIpc) is 1.59. The molecule has 8 nitrogen and oxygen atoms in total. The lowest BCUT2D eigenvalue weighted by Gasteiger charge is -2.19. The van der Waals surface area contributed by atoms with Crippen LogP contribution in [0.25, 0.3) is 182 Å². The van der Waals surface area contributed by atoms with E-state index in [1.165, 1.54) is 111 Å². The van der Waals surface area contributed by atoms with E-state index in [-0.39, 0.29) is 5.41 Å². The van der Waals surface area contributed by atoms with Crippen LogP contribution in [0.5, 0.6) is 0 Å². The zero-order chi connectivity index (χ0) is 89.3. The van der Waals surface area contributed by atoms with Crippen molar-refractivity contribution >= 4 is 92.7 Å². The van der Waals surface area contributed by atoms with Crippen molar-refractivity contribution in [3.8, 4) is 113 Å². The number of fused-ring (bicyclic) bond motifs is 16. The predicted octanol–water partition coefficient (Wildman–Crippen LogP) is 30.6. The lowest BCUT2D eigenvalue weighted by atomic mass is 9.85. The first kappa shape index (κ1) is 82.9. The molecule has 0 spiro atoms. The Morgan fingerprint density at radius 2 is 0.359 bits per heavy atom. The van der Waals surface area contributed by atoms with Gasteiger partial charge in [-0.2, -0.15) is 0 Å². The molecule has 626 valence electrons. The second-order valence-corrected chi connectivity index (χ2v) is 37.4. The highest BCUT2D eigenvalue weighted by atomic mass is 14.8. The first-order valence-electron chi connectivity index (χ1n) is 44.6. The minimum Gasteiger partial charge on any atom is -0.354 e. The Morgan fingerprint density at radius 1 is 0.188 bits per heavy atom. The van der Waals surface area contributed by atoms with E-state index in [4.69, 9.17) is 19.9 Å². The molecule has 128 heavy (non-hydrogen) atoms. The number of nitrogens with one attached hydrogen (secondary N) is 4.